The zero-order valence-corrected chi connectivity index (χ0v) is 20.6. The van der Waals surface area contributed by atoms with Crippen molar-refractivity contribution in [3.8, 4) is 0 Å². The third-order valence-corrected chi connectivity index (χ3v) is 8.33. The molecular formula is C23H31ClN4O4S. The molecular weight excluding hydrogens is 464 g/mol. The molecule has 1 amide bonds. The number of carbonyl (C=O) groups excluding carboxylic acids is 1. The molecule has 1 aliphatic heterocycles. The average Bonchev–Trinajstić information content (AvgIpc) is 3.32. The minimum atomic E-state index is -3.73. The van der Waals surface area contributed by atoms with Crippen LogP contribution in [0.3, 0.4) is 0 Å². The van der Waals surface area contributed by atoms with Crippen molar-refractivity contribution in [2.45, 2.75) is 44.2 Å². The third kappa shape index (κ3) is 6.03. The molecule has 2 heterocycles. The maximum atomic E-state index is 12.8. The summed E-state index contributed by atoms with van der Waals surface area (Å²) < 4.78 is 28.0. The highest BCUT2D eigenvalue weighted by molar-refractivity contribution is 7.89. The van der Waals surface area contributed by atoms with Gasteiger partial charge in [0.25, 0.3) is 5.56 Å². The number of halogens is 1. The lowest BCUT2D eigenvalue weighted by Gasteiger charge is -2.29. The predicted octanol–water partition coefficient (Wildman–Crippen LogP) is 2.49. The second-order valence-corrected chi connectivity index (χ2v) is 10.3. The molecule has 0 radical (unpaired) electrons. The van der Waals surface area contributed by atoms with Gasteiger partial charge in [-0.2, -0.15) is 4.31 Å². The number of likely N-dealkylation sites (tertiary alicyclic amines) is 1. The van der Waals surface area contributed by atoms with E-state index in [-0.39, 0.29) is 23.4 Å². The summed E-state index contributed by atoms with van der Waals surface area (Å²) in [7, 11) is -3.73. The van der Waals surface area contributed by atoms with Crippen LogP contribution in [0.5, 0.6) is 0 Å². The van der Waals surface area contributed by atoms with Crippen molar-refractivity contribution in [1.82, 2.24) is 19.1 Å². The smallest absolute Gasteiger partial charge is 0.251 e. The van der Waals surface area contributed by atoms with Crippen LogP contribution in [-0.2, 0) is 21.4 Å². The van der Waals surface area contributed by atoms with Crippen LogP contribution < -0.4 is 10.9 Å². The van der Waals surface area contributed by atoms with Crippen LogP contribution in [0.25, 0.3) is 0 Å². The summed E-state index contributed by atoms with van der Waals surface area (Å²) in [6.45, 7) is 6.06. The first kappa shape index (κ1) is 25.4. The number of nitrogens with one attached hydrogen (secondary N) is 1. The lowest BCUT2D eigenvalue weighted by molar-refractivity contribution is -0.122. The van der Waals surface area contributed by atoms with Gasteiger partial charge >= 0.3 is 0 Å². The third-order valence-electron chi connectivity index (χ3n) is 5.95. The van der Waals surface area contributed by atoms with Crippen molar-refractivity contribution in [3.05, 3.63) is 63.5 Å². The summed E-state index contributed by atoms with van der Waals surface area (Å²) in [6.07, 6.45) is 3.43. The fourth-order valence-corrected chi connectivity index (χ4v) is 5.89. The lowest BCUT2D eigenvalue weighted by atomic mass is 10.1. The Bertz CT molecular complexity index is 1130. The zero-order chi connectivity index (χ0) is 24.0. The minimum absolute atomic E-state index is 0.00962. The van der Waals surface area contributed by atoms with E-state index in [0.29, 0.717) is 24.7 Å². The van der Waals surface area contributed by atoms with Gasteiger partial charge in [0.1, 0.15) is 6.54 Å². The number of nitrogens with zero attached hydrogens (tertiary/aromatic N) is 3. The molecule has 0 bridgehead atoms. The van der Waals surface area contributed by atoms with Gasteiger partial charge < -0.3 is 9.88 Å². The molecule has 1 unspecified atom stereocenters. The van der Waals surface area contributed by atoms with E-state index in [1.165, 1.54) is 22.6 Å². The van der Waals surface area contributed by atoms with Crippen molar-refractivity contribution in [3.63, 3.8) is 0 Å². The molecule has 1 aliphatic rings. The van der Waals surface area contributed by atoms with Crippen molar-refractivity contribution < 1.29 is 13.2 Å². The van der Waals surface area contributed by atoms with Gasteiger partial charge in [0.15, 0.2) is 0 Å². The summed E-state index contributed by atoms with van der Waals surface area (Å²) in [5.74, 6) is -0.370. The van der Waals surface area contributed by atoms with Gasteiger partial charge in [-0.25, -0.2) is 8.42 Å². The van der Waals surface area contributed by atoms with E-state index in [1.54, 1.807) is 13.8 Å². The largest absolute Gasteiger partial charge is 0.353 e. The van der Waals surface area contributed by atoms with Crippen LogP contribution in [0.15, 0.2) is 52.3 Å². The van der Waals surface area contributed by atoms with Crippen LogP contribution in [0.4, 0.5) is 0 Å². The highest BCUT2D eigenvalue weighted by atomic mass is 35.5. The molecule has 1 N–H and O–H groups in total. The Morgan fingerprint density at radius 3 is 2.42 bits per heavy atom. The van der Waals surface area contributed by atoms with Crippen LogP contribution >= 0.6 is 11.6 Å². The van der Waals surface area contributed by atoms with Crippen molar-refractivity contribution in [1.29, 1.82) is 0 Å². The number of aromatic nitrogens is 1. The molecule has 1 aromatic carbocycles. The molecule has 1 aromatic heterocycles. The number of amides is 1. The van der Waals surface area contributed by atoms with Crippen molar-refractivity contribution >= 4 is 27.5 Å². The Hall–Kier alpha value is -2.20. The number of hydrogen-bond acceptors (Lipinski definition) is 5. The Labute approximate surface area is 200 Å². The predicted molar refractivity (Wildman–Crippen MR) is 129 cm³/mol. The van der Waals surface area contributed by atoms with Crippen molar-refractivity contribution in [2.75, 3.05) is 32.7 Å². The standard InChI is InChI=1S/C23H31ClN4O4S/c1-3-28(4-2)33(31,32)18-11-12-23(30)27(16-18)17-22(29)25-15-21(26-13-7-8-14-26)19-9-5-6-10-20(19)24/h5-6,9-12,16,21H,3-4,7-8,13-15,17H2,1-2H3,(H,25,29). The minimum Gasteiger partial charge on any atom is -0.353 e. The van der Waals surface area contributed by atoms with E-state index in [9.17, 15) is 18.0 Å². The summed E-state index contributed by atoms with van der Waals surface area (Å²) >= 11 is 6.43. The fraction of sp³-hybridized carbons (Fsp3) is 0.478. The van der Waals surface area contributed by atoms with Gasteiger partial charge in [0.05, 0.1) is 10.9 Å². The quantitative estimate of drug-likeness (QED) is 0.548. The molecule has 0 saturated carbocycles. The molecule has 1 fully saturated rings. The number of pyridine rings is 1. The first-order valence-corrected chi connectivity index (χ1v) is 13.1. The average molecular weight is 495 g/mol. The van der Waals surface area contributed by atoms with E-state index in [0.717, 1.165) is 36.1 Å². The molecule has 2 aromatic rings. The molecule has 10 heteroatoms. The molecule has 33 heavy (non-hydrogen) atoms. The second kappa shape index (κ2) is 11.3. The van der Waals surface area contributed by atoms with Gasteiger partial charge in [-0.05, 0) is 43.6 Å². The van der Waals surface area contributed by atoms with Crippen LogP contribution in [0.2, 0.25) is 5.02 Å². The fourth-order valence-electron chi connectivity index (χ4n) is 4.15. The number of rotatable bonds is 10. The van der Waals surface area contributed by atoms with E-state index in [4.69, 9.17) is 11.6 Å². The van der Waals surface area contributed by atoms with Gasteiger partial charge in [-0.15, -0.1) is 0 Å². The summed E-state index contributed by atoms with van der Waals surface area (Å²) in [6, 6.07) is 9.99. The molecule has 1 saturated heterocycles. The molecule has 3 rings (SSSR count). The molecule has 0 spiro atoms. The van der Waals surface area contributed by atoms with E-state index in [2.05, 4.69) is 10.2 Å². The monoisotopic (exact) mass is 494 g/mol. The lowest BCUT2D eigenvalue weighted by Crippen LogP contribution is -2.39. The number of sulfonamides is 1. The van der Waals surface area contributed by atoms with E-state index in [1.807, 2.05) is 24.3 Å². The highest BCUT2D eigenvalue weighted by Crippen LogP contribution is 2.29. The SMILES string of the molecule is CCN(CC)S(=O)(=O)c1ccc(=O)n(CC(=O)NCC(c2ccccc2Cl)N2CCCC2)c1. The first-order chi connectivity index (χ1) is 15.8. The Kier molecular flexibility index (Phi) is 8.69. The number of hydrogen-bond donors (Lipinski definition) is 1. The first-order valence-electron chi connectivity index (χ1n) is 11.2. The summed E-state index contributed by atoms with van der Waals surface area (Å²) in [5, 5.41) is 3.55. The Balaban J connectivity index is 1.74. The normalized spacial score (nSPS) is 15.6. The highest BCUT2D eigenvalue weighted by Gasteiger charge is 2.26. The van der Waals surface area contributed by atoms with Crippen LogP contribution in [-0.4, -0.2) is 60.8 Å². The van der Waals surface area contributed by atoms with Gasteiger partial charge in [-0.3, -0.25) is 14.5 Å². The Morgan fingerprint density at radius 1 is 1.12 bits per heavy atom. The summed E-state index contributed by atoms with van der Waals surface area (Å²) in [4.78, 5) is 27.3. The van der Waals surface area contributed by atoms with Crippen LogP contribution in [0.1, 0.15) is 38.3 Å². The molecule has 1 atom stereocenters. The molecule has 8 nitrogen and oxygen atoms in total. The molecule has 0 aliphatic carbocycles. The van der Waals surface area contributed by atoms with Gasteiger partial charge in [0.2, 0.25) is 15.9 Å². The van der Waals surface area contributed by atoms with E-state index < -0.39 is 15.6 Å². The topological polar surface area (TPSA) is 91.7 Å². The zero-order valence-electron chi connectivity index (χ0n) is 19.0. The van der Waals surface area contributed by atoms with Crippen LogP contribution in [0, 0.1) is 0 Å². The Morgan fingerprint density at radius 2 is 1.79 bits per heavy atom. The second-order valence-electron chi connectivity index (χ2n) is 8.00. The maximum absolute atomic E-state index is 12.8. The summed E-state index contributed by atoms with van der Waals surface area (Å²) in [5.41, 5.74) is 0.511. The van der Waals surface area contributed by atoms with Gasteiger partial charge in [-0.1, -0.05) is 43.6 Å². The number of carbonyl (C=O) groups is 1. The number of benzene rings is 1. The maximum Gasteiger partial charge on any atom is 0.251 e. The molecule has 180 valence electrons. The van der Waals surface area contributed by atoms with Crippen molar-refractivity contribution in [2.24, 2.45) is 0 Å². The van der Waals surface area contributed by atoms with E-state index >= 15 is 0 Å². The van der Waals surface area contributed by atoms with Gasteiger partial charge in [0, 0.05) is 36.9 Å².